The van der Waals surface area contributed by atoms with Crippen LogP contribution in [0.4, 0.5) is 0 Å². The molecule has 1 heterocycles. The average molecular weight is 352 g/mol. The summed E-state index contributed by atoms with van der Waals surface area (Å²) in [6, 6.07) is 9.17. The molecule has 2 atom stereocenters. The third kappa shape index (κ3) is 6.07. The predicted octanol–water partition coefficient (Wildman–Crippen LogP) is 1.60. The maximum absolute atomic E-state index is 12.2. The van der Waals surface area contributed by atoms with Crippen LogP contribution >= 0.6 is 0 Å². The van der Waals surface area contributed by atoms with E-state index in [2.05, 4.69) is 4.72 Å². The molecular formula is C17H24N2O4S. The Morgan fingerprint density at radius 1 is 1.25 bits per heavy atom. The van der Waals surface area contributed by atoms with Gasteiger partial charge in [0.05, 0.1) is 12.2 Å². The zero-order valence-electron chi connectivity index (χ0n) is 14.0. The van der Waals surface area contributed by atoms with Gasteiger partial charge < -0.3 is 9.64 Å². The van der Waals surface area contributed by atoms with Crippen molar-refractivity contribution in [2.45, 2.75) is 32.5 Å². The van der Waals surface area contributed by atoms with Gasteiger partial charge in [0.1, 0.15) is 0 Å². The average Bonchev–Trinajstić information content (AvgIpc) is 2.53. The van der Waals surface area contributed by atoms with Crippen LogP contribution in [0, 0.1) is 0 Å². The Morgan fingerprint density at radius 3 is 2.50 bits per heavy atom. The lowest BCUT2D eigenvalue weighted by molar-refractivity contribution is -0.143. The highest BCUT2D eigenvalue weighted by atomic mass is 32.2. The van der Waals surface area contributed by atoms with Gasteiger partial charge in [0.15, 0.2) is 0 Å². The Balaban J connectivity index is 1.80. The number of carbonyl (C=O) groups is 1. The van der Waals surface area contributed by atoms with Gasteiger partial charge >= 0.3 is 0 Å². The van der Waals surface area contributed by atoms with Crippen LogP contribution in [0.1, 0.15) is 25.8 Å². The van der Waals surface area contributed by atoms with Crippen molar-refractivity contribution < 1.29 is 17.9 Å². The normalized spacial score (nSPS) is 22.0. The molecule has 1 aliphatic heterocycles. The molecule has 1 fully saturated rings. The fraction of sp³-hybridized carbons (Fsp3) is 0.471. The molecule has 0 spiro atoms. The lowest BCUT2D eigenvalue weighted by atomic mass is 10.2. The number of rotatable bonds is 6. The van der Waals surface area contributed by atoms with Crippen LogP contribution in [0.2, 0.25) is 0 Å². The van der Waals surface area contributed by atoms with E-state index in [4.69, 9.17) is 4.74 Å². The van der Waals surface area contributed by atoms with E-state index in [0.717, 1.165) is 11.0 Å². The van der Waals surface area contributed by atoms with Crippen molar-refractivity contribution in [1.29, 1.82) is 0 Å². The number of carbonyl (C=O) groups excluding carboxylic acids is 1. The number of hydrogen-bond donors (Lipinski definition) is 1. The van der Waals surface area contributed by atoms with Crippen molar-refractivity contribution in [2.75, 3.05) is 19.6 Å². The van der Waals surface area contributed by atoms with Gasteiger partial charge in [-0.2, -0.15) is 0 Å². The monoisotopic (exact) mass is 352 g/mol. The van der Waals surface area contributed by atoms with E-state index >= 15 is 0 Å². The Bertz CT molecular complexity index is 663. The van der Waals surface area contributed by atoms with E-state index in [1.54, 1.807) is 4.90 Å². The van der Waals surface area contributed by atoms with E-state index < -0.39 is 10.0 Å². The van der Waals surface area contributed by atoms with E-state index in [9.17, 15) is 13.2 Å². The van der Waals surface area contributed by atoms with E-state index in [1.165, 1.54) is 6.08 Å². The summed E-state index contributed by atoms with van der Waals surface area (Å²) in [6.45, 7) is 5.02. The summed E-state index contributed by atoms with van der Waals surface area (Å²) in [4.78, 5) is 13.9. The Hall–Kier alpha value is -1.70. The number of sulfonamides is 1. The molecule has 2 rings (SSSR count). The molecule has 132 valence electrons. The fourth-order valence-electron chi connectivity index (χ4n) is 2.62. The van der Waals surface area contributed by atoms with Crippen LogP contribution in [0.25, 0.3) is 6.08 Å². The molecule has 0 aromatic heterocycles. The molecule has 0 aliphatic carbocycles. The number of morpholine rings is 1. The van der Waals surface area contributed by atoms with Gasteiger partial charge in [0.2, 0.25) is 15.9 Å². The summed E-state index contributed by atoms with van der Waals surface area (Å²) in [7, 11) is -3.55. The maximum Gasteiger partial charge on any atom is 0.233 e. The Morgan fingerprint density at radius 2 is 1.88 bits per heavy atom. The molecule has 0 bridgehead atoms. The molecule has 7 heteroatoms. The van der Waals surface area contributed by atoms with Gasteiger partial charge in [0.25, 0.3) is 0 Å². The summed E-state index contributed by atoms with van der Waals surface area (Å²) in [5, 5.41) is 1.12. The summed E-state index contributed by atoms with van der Waals surface area (Å²) in [6.07, 6.45) is 1.67. The highest BCUT2D eigenvalue weighted by Gasteiger charge is 2.25. The van der Waals surface area contributed by atoms with Crippen LogP contribution in [0.3, 0.4) is 0 Å². The van der Waals surface area contributed by atoms with E-state index in [1.807, 2.05) is 44.2 Å². The first-order chi connectivity index (χ1) is 11.4. The minimum Gasteiger partial charge on any atom is -0.372 e. The van der Waals surface area contributed by atoms with Crippen LogP contribution in [-0.2, 0) is 19.6 Å². The molecule has 1 aromatic rings. The molecule has 6 nitrogen and oxygen atoms in total. The molecule has 0 saturated carbocycles. The van der Waals surface area contributed by atoms with Gasteiger partial charge in [-0.1, -0.05) is 30.3 Å². The summed E-state index contributed by atoms with van der Waals surface area (Å²) >= 11 is 0. The molecule has 0 radical (unpaired) electrons. The highest BCUT2D eigenvalue weighted by Crippen LogP contribution is 2.11. The largest absolute Gasteiger partial charge is 0.372 e. The second kappa shape index (κ2) is 8.41. The molecule has 1 aliphatic rings. The first-order valence-electron chi connectivity index (χ1n) is 8.02. The molecule has 1 aromatic carbocycles. The second-order valence-electron chi connectivity index (χ2n) is 5.96. The predicted molar refractivity (Wildman–Crippen MR) is 93.6 cm³/mol. The van der Waals surface area contributed by atoms with Crippen molar-refractivity contribution in [3.63, 3.8) is 0 Å². The van der Waals surface area contributed by atoms with Crippen molar-refractivity contribution in [3.05, 3.63) is 41.3 Å². The SMILES string of the molecule is CC1CN(C(=O)CCNS(=O)(=O)/C=C/c2ccccc2)CC(C)O1. The number of benzene rings is 1. The van der Waals surface area contributed by atoms with Gasteiger partial charge in [-0.3, -0.25) is 4.79 Å². The van der Waals surface area contributed by atoms with Gasteiger partial charge in [-0.15, -0.1) is 0 Å². The highest BCUT2D eigenvalue weighted by molar-refractivity contribution is 7.92. The minimum absolute atomic E-state index is 0.00296. The van der Waals surface area contributed by atoms with Gasteiger partial charge in [-0.05, 0) is 25.5 Å². The Labute approximate surface area is 143 Å². The van der Waals surface area contributed by atoms with Crippen molar-refractivity contribution >= 4 is 22.0 Å². The fourth-order valence-corrected chi connectivity index (χ4v) is 3.44. The summed E-state index contributed by atoms with van der Waals surface area (Å²) in [5.41, 5.74) is 0.801. The first-order valence-corrected chi connectivity index (χ1v) is 9.56. The zero-order chi connectivity index (χ0) is 17.6. The second-order valence-corrected chi connectivity index (χ2v) is 7.61. The van der Waals surface area contributed by atoms with Crippen LogP contribution in [0.5, 0.6) is 0 Å². The third-order valence-electron chi connectivity index (χ3n) is 3.65. The van der Waals surface area contributed by atoms with E-state index in [-0.39, 0.29) is 31.1 Å². The first kappa shape index (κ1) is 18.6. The topological polar surface area (TPSA) is 75.7 Å². The molecule has 1 amide bonds. The zero-order valence-corrected chi connectivity index (χ0v) is 14.8. The lowest BCUT2D eigenvalue weighted by Crippen LogP contribution is -2.48. The van der Waals surface area contributed by atoms with Gasteiger partial charge in [-0.25, -0.2) is 13.1 Å². The molecular weight excluding hydrogens is 328 g/mol. The standard InChI is InChI=1S/C17H24N2O4S/c1-14-12-19(13-15(2)23-14)17(20)8-10-18-24(21,22)11-9-16-6-4-3-5-7-16/h3-7,9,11,14-15,18H,8,10,12-13H2,1-2H3/b11-9+. The molecule has 2 unspecified atom stereocenters. The molecule has 1 N–H and O–H groups in total. The summed E-state index contributed by atoms with van der Waals surface area (Å²) in [5.74, 6) is -0.0632. The van der Waals surface area contributed by atoms with Crippen LogP contribution in [-0.4, -0.2) is 51.1 Å². The third-order valence-corrected chi connectivity index (χ3v) is 4.75. The number of hydrogen-bond acceptors (Lipinski definition) is 4. The quantitative estimate of drug-likeness (QED) is 0.844. The Kier molecular flexibility index (Phi) is 6.53. The molecule has 24 heavy (non-hydrogen) atoms. The number of ether oxygens (including phenoxy) is 1. The smallest absolute Gasteiger partial charge is 0.233 e. The number of amides is 1. The van der Waals surface area contributed by atoms with Crippen molar-refractivity contribution in [2.24, 2.45) is 0 Å². The lowest BCUT2D eigenvalue weighted by Gasteiger charge is -2.35. The van der Waals surface area contributed by atoms with E-state index in [0.29, 0.717) is 13.1 Å². The van der Waals surface area contributed by atoms with Crippen LogP contribution in [0.15, 0.2) is 35.7 Å². The maximum atomic E-state index is 12.2. The van der Waals surface area contributed by atoms with Gasteiger partial charge in [0, 0.05) is 31.5 Å². The van der Waals surface area contributed by atoms with Crippen molar-refractivity contribution in [1.82, 2.24) is 9.62 Å². The number of nitrogens with one attached hydrogen (secondary N) is 1. The minimum atomic E-state index is -3.55. The molecule has 1 saturated heterocycles. The van der Waals surface area contributed by atoms with Crippen molar-refractivity contribution in [3.8, 4) is 0 Å². The number of nitrogens with zero attached hydrogens (tertiary/aromatic N) is 1. The summed E-state index contributed by atoms with van der Waals surface area (Å²) < 4.78 is 31.9. The van der Waals surface area contributed by atoms with Crippen LogP contribution < -0.4 is 4.72 Å².